The van der Waals surface area contributed by atoms with Crippen molar-refractivity contribution in [3.8, 4) is 5.75 Å². The Bertz CT molecular complexity index is 613. The van der Waals surface area contributed by atoms with Crippen molar-refractivity contribution in [1.82, 2.24) is 0 Å². The molecule has 20 heavy (non-hydrogen) atoms. The van der Waals surface area contributed by atoms with Gasteiger partial charge in [-0.25, -0.2) is 0 Å². The Hall–Kier alpha value is -2.35. The first-order valence-electron chi connectivity index (χ1n) is 6.61. The molecule has 102 valence electrons. The zero-order valence-electron chi connectivity index (χ0n) is 11.8. The highest BCUT2D eigenvalue weighted by Gasteiger charge is 2.00. The normalized spacial score (nSPS) is 10.7. The van der Waals surface area contributed by atoms with Crippen molar-refractivity contribution >= 4 is 11.9 Å². The van der Waals surface area contributed by atoms with E-state index in [9.17, 15) is 4.79 Å². The van der Waals surface area contributed by atoms with Gasteiger partial charge in [0.05, 0.1) is 0 Å². The fourth-order valence-electron chi connectivity index (χ4n) is 1.87. The molecule has 0 unspecified atom stereocenters. The lowest BCUT2D eigenvalue weighted by atomic mass is 10.1. The van der Waals surface area contributed by atoms with Crippen molar-refractivity contribution in [3.63, 3.8) is 0 Å². The van der Waals surface area contributed by atoms with Crippen LogP contribution in [-0.2, 0) is 11.4 Å². The van der Waals surface area contributed by atoms with E-state index in [1.54, 1.807) is 13.0 Å². The molecular weight excluding hydrogens is 248 g/mol. The van der Waals surface area contributed by atoms with E-state index in [4.69, 9.17) is 4.74 Å². The topological polar surface area (TPSA) is 26.3 Å². The maximum absolute atomic E-state index is 10.9. The maximum Gasteiger partial charge on any atom is 0.152 e. The van der Waals surface area contributed by atoms with Crippen molar-refractivity contribution in [1.29, 1.82) is 0 Å². The second kappa shape index (κ2) is 6.71. The largest absolute Gasteiger partial charge is 0.489 e. The van der Waals surface area contributed by atoms with Crippen LogP contribution in [0.25, 0.3) is 6.08 Å². The van der Waals surface area contributed by atoms with E-state index in [2.05, 4.69) is 0 Å². The summed E-state index contributed by atoms with van der Waals surface area (Å²) in [5.74, 6) is 0.889. The lowest BCUT2D eigenvalue weighted by Crippen LogP contribution is -1.95. The first-order valence-corrected chi connectivity index (χ1v) is 6.61. The third-order valence-corrected chi connectivity index (χ3v) is 2.99. The Kier molecular flexibility index (Phi) is 4.72. The van der Waals surface area contributed by atoms with E-state index in [1.165, 1.54) is 0 Å². The van der Waals surface area contributed by atoms with Gasteiger partial charge in [0.25, 0.3) is 0 Å². The second-order valence-electron chi connectivity index (χ2n) is 4.74. The van der Waals surface area contributed by atoms with Gasteiger partial charge in [-0.05, 0) is 48.7 Å². The molecule has 2 heteroatoms. The van der Waals surface area contributed by atoms with Crippen LogP contribution in [0.3, 0.4) is 0 Å². The summed E-state index contributed by atoms with van der Waals surface area (Å²) in [5, 5.41) is 0. The summed E-state index contributed by atoms with van der Waals surface area (Å²) in [7, 11) is 0. The van der Waals surface area contributed by atoms with Crippen LogP contribution >= 0.6 is 0 Å². The number of ketones is 1. The summed E-state index contributed by atoms with van der Waals surface area (Å²) in [6.45, 7) is 4.11. The van der Waals surface area contributed by atoms with E-state index >= 15 is 0 Å². The Morgan fingerprint density at radius 3 is 2.55 bits per heavy atom. The molecule has 0 spiro atoms. The molecule has 0 aliphatic rings. The third kappa shape index (κ3) is 4.09. The van der Waals surface area contributed by atoms with Crippen molar-refractivity contribution in [2.24, 2.45) is 0 Å². The molecule has 0 radical (unpaired) electrons. The zero-order chi connectivity index (χ0) is 14.4. The predicted molar refractivity (Wildman–Crippen MR) is 81.7 cm³/mol. The van der Waals surface area contributed by atoms with Crippen molar-refractivity contribution in [2.45, 2.75) is 20.5 Å². The first-order chi connectivity index (χ1) is 9.65. The van der Waals surface area contributed by atoms with Gasteiger partial charge in [-0.3, -0.25) is 4.79 Å². The number of aryl methyl sites for hydroxylation is 1. The standard InChI is InChI=1S/C18H18O2/c1-14-12-18(11-10-17(14)9-8-15(2)19)20-13-16-6-4-3-5-7-16/h3-12H,13H2,1-2H3/b9-8+. The number of carbonyl (C=O) groups excluding carboxylic acids is 1. The van der Waals surface area contributed by atoms with Crippen LogP contribution in [0.2, 0.25) is 0 Å². The molecular formula is C18H18O2. The second-order valence-corrected chi connectivity index (χ2v) is 4.74. The minimum atomic E-state index is 0.0498. The molecule has 0 fully saturated rings. The molecule has 2 rings (SSSR count). The van der Waals surface area contributed by atoms with Gasteiger partial charge in [0.15, 0.2) is 5.78 Å². The molecule has 0 aliphatic heterocycles. The number of ether oxygens (including phenoxy) is 1. The summed E-state index contributed by atoms with van der Waals surface area (Å²) >= 11 is 0. The Morgan fingerprint density at radius 2 is 1.90 bits per heavy atom. The molecule has 2 aromatic carbocycles. The van der Waals surface area contributed by atoms with Crippen LogP contribution in [0.15, 0.2) is 54.6 Å². The number of benzene rings is 2. The van der Waals surface area contributed by atoms with Gasteiger partial charge in [0, 0.05) is 0 Å². The molecule has 0 heterocycles. The van der Waals surface area contributed by atoms with E-state index in [1.807, 2.05) is 61.5 Å². The Morgan fingerprint density at radius 1 is 1.15 bits per heavy atom. The lowest BCUT2D eigenvalue weighted by molar-refractivity contribution is -0.112. The molecule has 0 aromatic heterocycles. The van der Waals surface area contributed by atoms with Gasteiger partial charge in [0.1, 0.15) is 12.4 Å². The maximum atomic E-state index is 10.9. The first kappa shape index (κ1) is 14.1. The fraction of sp³-hybridized carbons (Fsp3) is 0.167. The van der Waals surface area contributed by atoms with Gasteiger partial charge < -0.3 is 4.74 Å². The Balaban J connectivity index is 2.04. The average Bonchev–Trinajstić information content (AvgIpc) is 2.45. The van der Waals surface area contributed by atoms with Crippen LogP contribution in [0.1, 0.15) is 23.6 Å². The fourth-order valence-corrected chi connectivity index (χ4v) is 1.87. The monoisotopic (exact) mass is 266 g/mol. The van der Waals surface area contributed by atoms with Crippen LogP contribution in [-0.4, -0.2) is 5.78 Å². The highest BCUT2D eigenvalue weighted by molar-refractivity contribution is 5.91. The van der Waals surface area contributed by atoms with Crippen LogP contribution in [0.4, 0.5) is 0 Å². The molecule has 0 N–H and O–H groups in total. The molecule has 0 saturated carbocycles. The molecule has 0 amide bonds. The van der Waals surface area contributed by atoms with Crippen molar-refractivity contribution < 1.29 is 9.53 Å². The molecule has 2 nitrogen and oxygen atoms in total. The van der Waals surface area contributed by atoms with Gasteiger partial charge in [-0.1, -0.05) is 42.5 Å². The predicted octanol–water partition coefficient (Wildman–Crippen LogP) is 4.18. The van der Waals surface area contributed by atoms with E-state index < -0.39 is 0 Å². The summed E-state index contributed by atoms with van der Waals surface area (Å²) in [6, 6.07) is 15.9. The zero-order valence-corrected chi connectivity index (χ0v) is 11.8. The van der Waals surface area contributed by atoms with Crippen molar-refractivity contribution in [3.05, 3.63) is 71.3 Å². The smallest absolute Gasteiger partial charge is 0.152 e. The summed E-state index contributed by atoms with van der Waals surface area (Å²) < 4.78 is 5.76. The van der Waals surface area contributed by atoms with Crippen LogP contribution in [0, 0.1) is 6.92 Å². The minimum Gasteiger partial charge on any atom is -0.489 e. The molecule has 0 bridgehead atoms. The van der Waals surface area contributed by atoms with Gasteiger partial charge in [-0.15, -0.1) is 0 Å². The number of hydrogen-bond donors (Lipinski definition) is 0. The molecule has 0 saturated heterocycles. The quantitative estimate of drug-likeness (QED) is 0.759. The Labute approximate surface area is 119 Å². The number of rotatable bonds is 5. The lowest BCUT2D eigenvalue weighted by Gasteiger charge is -2.08. The SMILES string of the molecule is CC(=O)/C=C/c1ccc(OCc2ccccc2)cc1C. The average molecular weight is 266 g/mol. The van der Waals surface area contributed by atoms with Crippen LogP contribution in [0.5, 0.6) is 5.75 Å². The summed E-state index contributed by atoms with van der Waals surface area (Å²) in [6.07, 6.45) is 3.41. The van der Waals surface area contributed by atoms with Crippen molar-refractivity contribution in [2.75, 3.05) is 0 Å². The number of allylic oxidation sites excluding steroid dienone is 1. The van der Waals surface area contributed by atoms with E-state index in [0.717, 1.165) is 22.4 Å². The third-order valence-electron chi connectivity index (χ3n) is 2.99. The van der Waals surface area contributed by atoms with E-state index in [-0.39, 0.29) is 5.78 Å². The highest BCUT2D eigenvalue weighted by Crippen LogP contribution is 2.19. The van der Waals surface area contributed by atoms with Gasteiger partial charge in [0.2, 0.25) is 0 Å². The van der Waals surface area contributed by atoms with Gasteiger partial charge in [-0.2, -0.15) is 0 Å². The van der Waals surface area contributed by atoms with Gasteiger partial charge >= 0.3 is 0 Å². The minimum absolute atomic E-state index is 0.0498. The molecule has 2 aromatic rings. The number of hydrogen-bond acceptors (Lipinski definition) is 2. The summed E-state index contributed by atoms with van der Waals surface area (Å²) in [5.41, 5.74) is 3.27. The van der Waals surface area contributed by atoms with Crippen LogP contribution < -0.4 is 4.74 Å². The molecule has 0 atom stereocenters. The van der Waals surface area contributed by atoms with E-state index in [0.29, 0.717) is 6.61 Å². The molecule has 0 aliphatic carbocycles. The highest BCUT2D eigenvalue weighted by atomic mass is 16.5. The summed E-state index contributed by atoms with van der Waals surface area (Å²) in [4.78, 5) is 10.9. The number of carbonyl (C=O) groups is 1.